The highest BCUT2D eigenvalue weighted by atomic mass is 16.6. The summed E-state index contributed by atoms with van der Waals surface area (Å²) in [6, 6.07) is 2.66. The van der Waals surface area contributed by atoms with Gasteiger partial charge in [-0.25, -0.2) is 4.79 Å². The molecule has 0 saturated carbocycles. The van der Waals surface area contributed by atoms with Crippen LogP contribution in [-0.4, -0.2) is 26.5 Å². The number of nitrogens with one attached hydrogen (secondary N) is 1. The molecule has 1 aromatic heterocycles. The Morgan fingerprint density at radius 1 is 1.65 bits per heavy atom. The van der Waals surface area contributed by atoms with Gasteiger partial charge in [-0.1, -0.05) is 6.92 Å². The molecule has 1 atom stereocenters. The predicted octanol–water partition coefficient (Wildman–Crippen LogP) is 1.65. The maximum atomic E-state index is 11.0. The number of carboxylic acids is 1. The Balaban J connectivity index is 2.88. The Hall–Kier alpha value is -2.18. The van der Waals surface area contributed by atoms with Crippen LogP contribution < -0.4 is 5.32 Å². The highest BCUT2D eigenvalue weighted by Crippen LogP contribution is 2.19. The molecule has 1 unspecified atom stereocenters. The third-order valence-electron chi connectivity index (χ3n) is 2.53. The van der Waals surface area contributed by atoms with Crippen LogP contribution in [0, 0.1) is 10.1 Å². The van der Waals surface area contributed by atoms with Crippen molar-refractivity contribution in [3.8, 4) is 0 Å². The van der Waals surface area contributed by atoms with Crippen LogP contribution in [0.3, 0.4) is 0 Å². The largest absolute Gasteiger partial charge is 0.480 e. The van der Waals surface area contributed by atoms with E-state index in [1.54, 1.807) is 6.92 Å². The number of aromatic nitrogens is 1. The number of nitrogens with zero attached hydrogens (tertiary/aromatic N) is 2. The standard InChI is InChI=1S/C10H13N3O4/c1-3-10(2,9(14)15)12-7-4-5-8(11-6-7)13(16)17/h4-6,12H,3H2,1-2H3,(H,14,15). The minimum Gasteiger partial charge on any atom is -0.480 e. The van der Waals surface area contributed by atoms with Crippen molar-refractivity contribution in [3.63, 3.8) is 0 Å². The molecule has 92 valence electrons. The van der Waals surface area contributed by atoms with Gasteiger partial charge in [0.15, 0.2) is 6.20 Å². The lowest BCUT2D eigenvalue weighted by Crippen LogP contribution is -2.42. The SMILES string of the molecule is CCC(C)(Nc1ccc([N+](=O)[O-])nc1)C(=O)O. The Morgan fingerprint density at radius 3 is 2.65 bits per heavy atom. The first-order valence-corrected chi connectivity index (χ1v) is 5.01. The number of rotatable bonds is 5. The summed E-state index contributed by atoms with van der Waals surface area (Å²) in [7, 11) is 0. The average Bonchev–Trinajstić information content (AvgIpc) is 2.29. The number of carboxylic acid groups (broad SMARTS) is 1. The molecule has 2 N–H and O–H groups in total. The smallest absolute Gasteiger partial charge is 0.363 e. The zero-order valence-corrected chi connectivity index (χ0v) is 9.51. The molecule has 0 aromatic carbocycles. The van der Waals surface area contributed by atoms with Gasteiger partial charge in [0.1, 0.15) is 5.54 Å². The van der Waals surface area contributed by atoms with Gasteiger partial charge >= 0.3 is 11.8 Å². The maximum Gasteiger partial charge on any atom is 0.363 e. The average molecular weight is 239 g/mol. The Labute approximate surface area is 97.6 Å². The summed E-state index contributed by atoms with van der Waals surface area (Å²) < 4.78 is 0. The Bertz CT molecular complexity index is 432. The molecule has 0 fully saturated rings. The normalized spacial score (nSPS) is 13.8. The molecule has 7 nitrogen and oxygen atoms in total. The fourth-order valence-electron chi connectivity index (χ4n) is 1.18. The van der Waals surface area contributed by atoms with Crippen molar-refractivity contribution in [3.05, 3.63) is 28.4 Å². The molecule has 0 aliphatic carbocycles. The van der Waals surface area contributed by atoms with Gasteiger partial charge in [-0.2, -0.15) is 0 Å². The first-order valence-electron chi connectivity index (χ1n) is 5.01. The third kappa shape index (κ3) is 2.90. The first-order chi connectivity index (χ1) is 7.89. The number of aliphatic carboxylic acids is 1. The van der Waals surface area contributed by atoms with Crippen molar-refractivity contribution in [2.24, 2.45) is 0 Å². The summed E-state index contributed by atoms with van der Waals surface area (Å²) in [6.07, 6.45) is 1.62. The molecule has 0 saturated heterocycles. The zero-order valence-electron chi connectivity index (χ0n) is 9.51. The molecule has 0 aliphatic heterocycles. The van der Waals surface area contributed by atoms with E-state index in [4.69, 9.17) is 5.11 Å². The van der Waals surface area contributed by atoms with Crippen LogP contribution in [0.15, 0.2) is 18.3 Å². The number of hydrogen-bond acceptors (Lipinski definition) is 5. The van der Waals surface area contributed by atoms with Crippen LogP contribution in [0.4, 0.5) is 11.5 Å². The fraction of sp³-hybridized carbons (Fsp3) is 0.400. The van der Waals surface area contributed by atoms with Crippen molar-refractivity contribution in [1.29, 1.82) is 0 Å². The van der Waals surface area contributed by atoms with Crippen molar-refractivity contribution < 1.29 is 14.8 Å². The van der Waals surface area contributed by atoms with Gasteiger partial charge in [0.2, 0.25) is 0 Å². The second-order valence-corrected chi connectivity index (χ2v) is 3.78. The lowest BCUT2D eigenvalue weighted by Gasteiger charge is -2.25. The van der Waals surface area contributed by atoms with Crippen LogP contribution in [0.5, 0.6) is 0 Å². The van der Waals surface area contributed by atoms with Gasteiger partial charge in [-0.05, 0) is 29.3 Å². The summed E-state index contributed by atoms with van der Waals surface area (Å²) in [5.74, 6) is -1.26. The summed E-state index contributed by atoms with van der Waals surface area (Å²) in [6.45, 7) is 3.27. The lowest BCUT2D eigenvalue weighted by molar-refractivity contribution is -0.389. The molecule has 0 spiro atoms. The molecule has 0 amide bonds. The van der Waals surface area contributed by atoms with Crippen LogP contribution in [0.25, 0.3) is 0 Å². The summed E-state index contributed by atoms with van der Waals surface area (Å²) in [5, 5.41) is 22.2. The quantitative estimate of drug-likeness (QED) is 0.597. The van der Waals surface area contributed by atoms with Gasteiger partial charge in [0, 0.05) is 6.07 Å². The molecular weight excluding hydrogens is 226 g/mol. The van der Waals surface area contributed by atoms with Gasteiger partial charge < -0.3 is 20.5 Å². The predicted molar refractivity (Wildman–Crippen MR) is 60.8 cm³/mol. The highest BCUT2D eigenvalue weighted by molar-refractivity contribution is 5.82. The van der Waals surface area contributed by atoms with Gasteiger partial charge in [0.25, 0.3) is 0 Å². The third-order valence-corrected chi connectivity index (χ3v) is 2.53. The van der Waals surface area contributed by atoms with Crippen LogP contribution in [0.1, 0.15) is 20.3 Å². The summed E-state index contributed by atoms with van der Waals surface area (Å²) in [4.78, 5) is 24.4. The van der Waals surface area contributed by atoms with Crippen LogP contribution >= 0.6 is 0 Å². The second kappa shape index (κ2) is 4.77. The minimum atomic E-state index is -1.11. The fourth-order valence-corrected chi connectivity index (χ4v) is 1.18. The monoisotopic (exact) mass is 239 g/mol. The molecule has 7 heteroatoms. The first kappa shape index (κ1) is 12.9. The van der Waals surface area contributed by atoms with E-state index in [1.165, 1.54) is 25.3 Å². The molecular formula is C10H13N3O4. The van der Waals surface area contributed by atoms with Crippen molar-refractivity contribution >= 4 is 17.5 Å². The van der Waals surface area contributed by atoms with Gasteiger partial charge in [-0.15, -0.1) is 0 Å². The lowest BCUT2D eigenvalue weighted by atomic mass is 9.99. The number of carbonyl (C=O) groups is 1. The minimum absolute atomic E-state index is 0.274. The molecule has 0 bridgehead atoms. The van der Waals surface area contributed by atoms with Crippen molar-refractivity contribution in [1.82, 2.24) is 4.98 Å². The van der Waals surface area contributed by atoms with E-state index in [2.05, 4.69) is 10.3 Å². The highest BCUT2D eigenvalue weighted by Gasteiger charge is 2.31. The molecule has 0 radical (unpaired) electrons. The van der Waals surface area contributed by atoms with E-state index in [0.29, 0.717) is 12.1 Å². The van der Waals surface area contributed by atoms with E-state index in [9.17, 15) is 14.9 Å². The van der Waals surface area contributed by atoms with E-state index in [-0.39, 0.29) is 5.82 Å². The number of anilines is 1. The van der Waals surface area contributed by atoms with E-state index in [1.807, 2.05) is 0 Å². The zero-order chi connectivity index (χ0) is 13.1. The molecule has 1 rings (SSSR count). The van der Waals surface area contributed by atoms with Gasteiger partial charge in [-0.3, -0.25) is 0 Å². The van der Waals surface area contributed by atoms with Gasteiger partial charge in [0.05, 0.1) is 5.69 Å². The summed E-state index contributed by atoms with van der Waals surface area (Å²) in [5.41, 5.74) is -0.681. The number of pyridine rings is 1. The Kier molecular flexibility index (Phi) is 3.62. The van der Waals surface area contributed by atoms with E-state index in [0.717, 1.165) is 0 Å². The van der Waals surface area contributed by atoms with E-state index < -0.39 is 16.4 Å². The molecule has 1 aromatic rings. The van der Waals surface area contributed by atoms with E-state index >= 15 is 0 Å². The number of hydrogen-bond donors (Lipinski definition) is 2. The van der Waals surface area contributed by atoms with Crippen molar-refractivity contribution in [2.75, 3.05) is 5.32 Å². The van der Waals surface area contributed by atoms with Crippen molar-refractivity contribution in [2.45, 2.75) is 25.8 Å². The summed E-state index contributed by atoms with van der Waals surface area (Å²) >= 11 is 0. The second-order valence-electron chi connectivity index (χ2n) is 3.78. The van der Waals surface area contributed by atoms with Crippen LogP contribution in [-0.2, 0) is 4.79 Å². The topological polar surface area (TPSA) is 105 Å². The number of nitro groups is 1. The molecule has 17 heavy (non-hydrogen) atoms. The van der Waals surface area contributed by atoms with Crippen LogP contribution in [0.2, 0.25) is 0 Å². The molecule has 0 aliphatic rings. The molecule has 1 heterocycles. The maximum absolute atomic E-state index is 11.0. The Morgan fingerprint density at radius 2 is 2.29 bits per heavy atom.